The van der Waals surface area contributed by atoms with Gasteiger partial charge in [-0.1, -0.05) is 18.2 Å². The second-order valence-electron chi connectivity index (χ2n) is 8.67. The van der Waals surface area contributed by atoms with Gasteiger partial charge in [-0.3, -0.25) is 9.10 Å². The standard InChI is InChI=1S/C23H30N2O5S/c1-15-8-10-20(29-5)19(11-15)25(31(6,27)28)14-22(26)24-18-13-23(3,4)30-21-12-16(2)7-9-17(18)21/h7-12,18H,13-14H2,1-6H3,(H,24,26). The van der Waals surface area contributed by atoms with Gasteiger partial charge in [0.2, 0.25) is 15.9 Å². The summed E-state index contributed by atoms with van der Waals surface area (Å²) < 4.78 is 37.6. The summed E-state index contributed by atoms with van der Waals surface area (Å²) in [5.74, 6) is 0.724. The van der Waals surface area contributed by atoms with Crippen LogP contribution in [0.15, 0.2) is 36.4 Å². The van der Waals surface area contributed by atoms with Gasteiger partial charge in [-0.05, 0) is 57.0 Å². The van der Waals surface area contributed by atoms with E-state index in [0.717, 1.165) is 33.0 Å². The van der Waals surface area contributed by atoms with Gasteiger partial charge in [0.05, 0.1) is 25.1 Å². The molecule has 168 valence electrons. The predicted molar refractivity (Wildman–Crippen MR) is 121 cm³/mol. The first-order chi connectivity index (χ1) is 14.4. The highest BCUT2D eigenvalue weighted by Gasteiger charge is 2.35. The molecule has 1 aliphatic rings. The van der Waals surface area contributed by atoms with Crippen molar-refractivity contribution in [2.45, 2.75) is 45.8 Å². The van der Waals surface area contributed by atoms with Crippen LogP contribution in [-0.2, 0) is 14.8 Å². The minimum atomic E-state index is -3.72. The Morgan fingerprint density at radius 3 is 2.48 bits per heavy atom. The number of amides is 1. The Labute approximate surface area is 184 Å². The molecule has 0 aromatic heterocycles. The number of methoxy groups -OCH3 is 1. The highest BCUT2D eigenvalue weighted by atomic mass is 32.2. The van der Waals surface area contributed by atoms with Gasteiger partial charge in [0, 0.05) is 12.0 Å². The summed E-state index contributed by atoms with van der Waals surface area (Å²) in [5.41, 5.74) is 2.69. The number of ether oxygens (including phenoxy) is 2. The zero-order valence-electron chi connectivity index (χ0n) is 18.9. The van der Waals surface area contributed by atoms with E-state index < -0.39 is 21.5 Å². The molecular formula is C23H30N2O5S. The first-order valence-corrected chi connectivity index (χ1v) is 12.0. The fourth-order valence-electron chi connectivity index (χ4n) is 3.83. The van der Waals surface area contributed by atoms with Crippen LogP contribution in [0.2, 0.25) is 0 Å². The molecule has 31 heavy (non-hydrogen) atoms. The maximum Gasteiger partial charge on any atom is 0.241 e. The van der Waals surface area contributed by atoms with Crippen LogP contribution < -0.4 is 19.1 Å². The van der Waals surface area contributed by atoms with Crippen LogP contribution in [-0.4, -0.2) is 39.8 Å². The number of carbonyl (C=O) groups excluding carboxylic acids is 1. The van der Waals surface area contributed by atoms with Gasteiger partial charge in [0.15, 0.2) is 0 Å². The Bertz CT molecular complexity index is 1100. The van der Waals surface area contributed by atoms with Gasteiger partial charge in [-0.15, -0.1) is 0 Å². The number of fused-ring (bicyclic) bond motifs is 1. The van der Waals surface area contributed by atoms with Gasteiger partial charge in [-0.2, -0.15) is 0 Å². The zero-order valence-corrected chi connectivity index (χ0v) is 19.7. The molecule has 0 bridgehead atoms. The van der Waals surface area contributed by atoms with Gasteiger partial charge >= 0.3 is 0 Å². The van der Waals surface area contributed by atoms with E-state index in [-0.39, 0.29) is 12.6 Å². The van der Waals surface area contributed by atoms with Crippen LogP contribution in [0.25, 0.3) is 0 Å². The van der Waals surface area contributed by atoms with Gasteiger partial charge in [-0.25, -0.2) is 8.42 Å². The van der Waals surface area contributed by atoms with E-state index in [1.165, 1.54) is 7.11 Å². The van der Waals surface area contributed by atoms with Crippen LogP contribution in [0.5, 0.6) is 11.5 Å². The molecule has 0 radical (unpaired) electrons. The average molecular weight is 447 g/mol. The Kier molecular flexibility index (Phi) is 6.23. The fourth-order valence-corrected chi connectivity index (χ4v) is 4.69. The van der Waals surface area contributed by atoms with E-state index in [9.17, 15) is 13.2 Å². The molecule has 1 unspecified atom stereocenters. The van der Waals surface area contributed by atoms with Crippen LogP contribution in [0, 0.1) is 13.8 Å². The summed E-state index contributed by atoms with van der Waals surface area (Å²) in [6, 6.07) is 10.8. The minimum absolute atomic E-state index is 0.285. The molecule has 3 rings (SSSR count). The molecule has 2 aromatic carbocycles. The molecule has 0 spiro atoms. The van der Waals surface area contributed by atoms with E-state index in [4.69, 9.17) is 9.47 Å². The average Bonchev–Trinajstić information content (AvgIpc) is 2.63. The third-order valence-corrected chi connectivity index (χ3v) is 6.38. The number of carbonyl (C=O) groups is 1. The van der Waals surface area contributed by atoms with Crippen molar-refractivity contribution in [1.82, 2.24) is 5.32 Å². The van der Waals surface area contributed by atoms with Crippen LogP contribution in [0.4, 0.5) is 5.69 Å². The monoisotopic (exact) mass is 446 g/mol. The highest BCUT2D eigenvalue weighted by Crippen LogP contribution is 2.40. The lowest BCUT2D eigenvalue weighted by molar-refractivity contribution is -0.120. The van der Waals surface area contributed by atoms with Crippen molar-refractivity contribution in [2.75, 3.05) is 24.2 Å². The Morgan fingerprint density at radius 2 is 1.84 bits per heavy atom. The molecule has 1 N–H and O–H groups in total. The molecule has 0 fully saturated rings. The molecule has 1 heterocycles. The number of rotatable bonds is 6. The fraction of sp³-hybridized carbons (Fsp3) is 0.435. The summed E-state index contributed by atoms with van der Waals surface area (Å²) in [5, 5.41) is 3.01. The van der Waals surface area contributed by atoms with E-state index in [1.807, 2.05) is 52.0 Å². The molecule has 8 heteroatoms. The summed E-state index contributed by atoms with van der Waals surface area (Å²) in [6.45, 7) is 7.43. The molecule has 0 saturated carbocycles. The molecule has 0 saturated heterocycles. The Balaban J connectivity index is 1.89. The lowest BCUT2D eigenvalue weighted by atomic mass is 9.89. The summed E-state index contributed by atoms with van der Waals surface area (Å²) in [7, 11) is -2.25. The van der Waals surface area contributed by atoms with E-state index in [2.05, 4.69) is 5.32 Å². The zero-order chi connectivity index (χ0) is 23.0. The molecule has 1 aliphatic heterocycles. The number of nitrogens with one attached hydrogen (secondary N) is 1. The van der Waals surface area contributed by atoms with Gasteiger partial charge in [0.1, 0.15) is 23.6 Å². The minimum Gasteiger partial charge on any atom is -0.495 e. The summed E-state index contributed by atoms with van der Waals surface area (Å²) >= 11 is 0. The first kappa shape index (κ1) is 22.9. The SMILES string of the molecule is COc1ccc(C)cc1N(CC(=O)NC1CC(C)(C)Oc2cc(C)ccc21)S(C)(=O)=O. The van der Waals surface area contributed by atoms with Crippen molar-refractivity contribution < 1.29 is 22.7 Å². The lowest BCUT2D eigenvalue weighted by Crippen LogP contribution is -2.45. The van der Waals surface area contributed by atoms with E-state index in [1.54, 1.807) is 12.1 Å². The molecule has 7 nitrogen and oxygen atoms in total. The van der Waals surface area contributed by atoms with Crippen LogP contribution >= 0.6 is 0 Å². The number of sulfonamides is 1. The summed E-state index contributed by atoms with van der Waals surface area (Å²) in [4.78, 5) is 13.0. The van der Waals surface area contributed by atoms with Gasteiger partial charge in [0.25, 0.3) is 0 Å². The van der Waals surface area contributed by atoms with Crippen molar-refractivity contribution in [2.24, 2.45) is 0 Å². The topological polar surface area (TPSA) is 84.9 Å². The van der Waals surface area contributed by atoms with E-state index in [0.29, 0.717) is 17.9 Å². The van der Waals surface area contributed by atoms with Crippen molar-refractivity contribution >= 4 is 21.6 Å². The summed E-state index contributed by atoms with van der Waals surface area (Å²) in [6.07, 6.45) is 1.65. The van der Waals surface area contributed by atoms with Gasteiger partial charge < -0.3 is 14.8 Å². The molecule has 0 aliphatic carbocycles. The maximum absolute atomic E-state index is 13.0. The second kappa shape index (κ2) is 8.42. The highest BCUT2D eigenvalue weighted by molar-refractivity contribution is 7.92. The van der Waals surface area contributed by atoms with Crippen molar-refractivity contribution in [3.05, 3.63) is 53.1 Å². The number of anilines is 1. The number of aryl methyl sites for hydroxylation is 2. The quantitative estimate of drug-likeness (QED) is 0.734. The Morgan fingerprint density at radius 1 is 1.19 bits per heavy atom. The second-order valence-corrected chi connectivity index (χ2v) is 10.6. The predicted octanol–water partition coefficient (Wildman–Crippen LogP) is 3.50. The van der Waals surface area contributed by atoms with Crippen molar-refractivity contribution in [3.8, 4) is 11.5 Å². The first-order valence-electron chi connectivity index (χ1n) is 10.1. The van der Waals surface area contributed by atoms with Crippen molar-refractivity contribution in [3.63, 3.8) is 0 Å². The number of nitrogens with zero attached hydrogens (tertiary/aromatic N) is 1. The molecule has 1 atom stereocenters. The van der Waals surface area contributed by atoms with E-state index >= 15 is 0 Å². The normalized spacial score (nSPS) is 17.3. The largest absolute Gasteiger partial charge is 0.495 e. The Hall–Kier alpha value is -2.74. The molecule has 1 amide bonds. The van der Waals surface area contributed by atoms with Crippen molar-refractivity contribution in [1.29, 1.82) is 0 Å². The lowest BCUT2D eigenvalue weighted by Gasteiger charge is -2.38. The van der Waals surface area contributed by atoms with Crippen LogP contribution in [0.1, 0.15) is 43.0 Å². The number of hydrogen-bond donors (Lipinski definition) is 1. The third-order valence-electron chi connectivity index (χ3n) is 5.25. The number of hydrogen-bond acceptors (Lipinski definition) is 5. The smallest absolute Gasteiger partial charge is 0.241 e. The third kappa shape index (κ3) is 5.31. The molecular weight excluding hydrogens is 416 g/mol. The van der Waals surface area contributed by atoms with Crippen LogP contribution in [0.3, 0.4) is 0 Å². The molecule has 2 aromatic rings. The number of benzene rings is 2. The maximum atomic E-state index is 13.0.